The lowest BCUT2D eigenvalue weighted by Crippen LogP contribution is -1.86. The van der Waals surface area contributed by atoms with Crippen molar-refractivity contribution in [1.29, 1.82) is 0 Å². The number of benzene rings is 1. The van der Waals surface area contributed by atoms with Crippen LogP contribution in [0.4, 0.5) is 10.2 Å². The van der Waals surface area contributed by atoms with Crippen LogP contribution in [0.2, 0.25) is 0 Å². The zero-order chi connectivity index (χ0) is 13.4. The summed E-state index contributed by atoms with van der Waals surface area (Å²) in [7, 11) is 0. The minimum Gasteiger partial charge on any atom is -0.236 e. The third-order valence-corrected chi connectivity index (χ3v) is 2.42. The average Bonchev–Trinajstić information content (AvgIpc) is 2.42. The van der Waals surface area contributed by atoms with Gasteiger partial charge in [0.1, 0.15) is 5.82 Å². The normalized spacial score (nSPS) is 10.0. The molecule has 94 valence electrons. The monoisotopic (exact) mass is 308 g/mol. The molecule has 0 N–H and O–H groups in total. The Bertz CT molecular complexity index is 509. The molecule has 0 aliphatic carbocycles. The minimum absolute atomic E-state index is 0.289. The van der Waals surface area contributed by atoms with E-state index in [1.807, 2.05) is 19.9 Å². The Kier molecular flexibility index (Phi) is 6.22. The zero-order valence-electron chi connectivity index (χ0n) is 10.3. The molecule has 2 rings (SSSR count). The molecular weight excluding hydrogens is 295 g/mol. The molecule has 0 saturated carbocycles. The SMILES string of the molecule is CC.Fc1ccccc1C=Nc1ccc(Br)cn1. The summed E-state index contributed by atoms with van der Waals surface area (Å²) in [4.78, 5) is 8.14. The first-order valence-corrected chi connectivity index (χ1v) is 6.45. The summed E-state index contributed by atoms with van der Waals surface area (Å²) in [6.45, 7) is 4.00. The van der Waals surface area contributed by atoms with Crippen LogP contribution in [0.1, 0.15) is 19.4 Å². The van der Waals surface area contributed by atoms with Crippen molar-refractivity contribution in [2.24, 2.45) is 4.99 Å². The number of pyridine rings is 1. The van der Waals surface area contributed by atoms with Gasteiger partial charge in [0.2, 0.25) is 0 Å². The molecule has 0 unspecified atom stereocenters. The molecule has 0 fully saturated rings. The molecule has 0 radical (unpaired) electrons. The topological polar surface area (TPSA) is 25.2 Å². The van der Waals surface area contributed by atoms with Crippen molar-refractivity contribution >= 4 is 28.0 Å². The summed E-state index contributed by atoms with van der Waals surface area (Å²) in [6, 6.07) is 10.1. The number of halogens is 2. The number of rotatable bonds is 2. The predicted molar refractivity (Wildman–Crippen MR) is 76.9 cm³/mol. The van der Waals surface area contributed by atoms with E-state index in [1.165, 1.54) is 12.3 Å². The quantitative estimate of drug-likeness (QED) is 0.734. The van der Waals surface area contributed by atoms with Gasteiger partial charge in [0, 0.05) is 22.4 Å². The van der Waals surface area contributed by atoms with E-state index in [-0.39, 0.29) is 5.82 Å². The summed E-state index contributed by atoms with van der Waals surface area (Å²) in [5.41, 5.74) is 0.451. The fraction of sp³-hybridized carbons (Fsp3) is 0.143. The highest BCUT2D eigenvalue weighted by atomic mass is 79.9. The van der Waals surface area contributed by atoms with Crippen molar-refractivity contribution in [2.75, 3.05) is 0 Å². The first kappa shape index (κ1) is 14.5. The molecular formula is C14H14BrFN2. The Labute approximate surface area is 115 Å². The van der Waals surface area contributed by atoms with Gasteiger partial charge in [-0.3, -0.25) is 0 Å². The average molecular weight is 309 g/mol. The molecule has 2 aromatic rings. The van der Waals surface area contributed by atoms with E-state index in [0.29, 0.717) is 11.4 Å². The van der Waals surface area contributed by atoms with E-state index >= 15 is 0 Å². The van der Waals surface area contributed by atoms with Gasteiger partial charge in [0.25, 0.3) is 0 Å². The highest BCUT2D eigenvalue weighted by Gasteiger charge is 1.96. The highest BCUT2D eigenvalue weighted by Crippen LogP contribution is 2.13. The van der Waals surface area contributed by atoms with Gasteiger partial charge >= 0.3 is 0 Å². The number of aliphatic imine (C=N–C) groups is 1. The fourth-order valence-corrected chi connectivity index (χ4v) is 1.39. The van der Waals surface area contributed by atoms with Crippen molar-refractivity contribution in [2.45, 2.75) is 13.8 Å². The van der Waals surface area contributed by atoms with Crippen molar-refractivity contribution in [3.05, 3.63) is 58.4 Å². The van der Waals surface area contributed by atoms with Crippen molar-refractivity contribution < 1.29 is 4.39 Å². The molecule has 4 heteroatoms. The first-order chi connectivity index (χ1) is 8.75. The highest BCUT2D eigenvalue weighted by molar-refractivity contribution is 9.10. The van der Waals surface area contributed by atoms with E-state index in [4.69, 9.17) is 0 Å². The lowest BCUT2D eigenvalue weighted by Gasteiger charge is -1.95. The third-order valence-electron chi connectivity index (χ3n) is 1.95. The Morgan fingerprint density at radius 2 is 1.89 bits per heavy atom. The fourth-order valence-electron chi connectivity index (χ4n) is 1.16. The number of aromatic nitrogens is 1. The second-order valence-corrected chi connectivity index (χ2v) is 4.03. The predicted octanol–water partition coefficient (Wildman–Crippen LogP) is 4.76. The van der Waals surface area contributed by atoms with Gasteiger partial charge in [-0.25, -0.2) is 14.4 Å². The van der Waals surface area contributed by atoms with Crippen LogP contribution in [0.25, 0.3) is 0 Å². The van der Waals surface area contributed by atoms with E-state index < -0.39 is 0 Å². The molecule has 0 spiro atoms. The summed E-state index contributed by atoms with van der Waals surface area (Å²) in [5, 5.41) is 0. The van der Waals surface area contributed by atoms with Crippen LogP contribution < -0.4 is 0 Å². The zero-order valence-corrected chi connectivity index (χ0v) is 11.9. The maximum absolute atomic E-state index is 13.2. The number of hydrogen-bond donors (Lipinski definition) is 0. The largest absolute Gasteiger partial charge is 0.236 e. The minimum atomic E-state index is -0.289. The molecule has 1 aromatic carbocycles. The van der Waals surface area contributed by atoms with E-state index in [0.717, 1.165) is 4.47 Å². The molecule has 0 atom stereocenters. The Morgan fingerprint density at radius 1 is 1.17 bits per heavy atom. The smallest absolute Gasteiger partial charge is 0.151 e. The summed E-state index contributed by atoms with van der Waals surface area (Å²) < 4.78 is 14.1. The van der Waals surface area contributed by atoms with Crippen molar-refractivity contribution in [3.8, 4) is 0 Å². The van der Waals surface area contributed by atoms with Crippen LogP contribution in [0.3, 0.4) is 0 Å². The molecule has 0 bridgehead atoms. The van der Waals surface area contributed by atoms with Crippen molar-refractivity contribution in [1.82, 2.24) is 4.98 Å². The summed E-state index contributed by atoms with van der Waals surface area (Å²) in [6.07, 6.45) is 3.11. The molecule has 1 heterocycles. The lowest BCUT2D eigenvalue weighted by atomic mass is 10.2. The van der Waals surface area contributed by atoms with E-state index in [9.17, 15) is 4.39 Å². The van der Waals surface area contributed by atoms with Crippen LogP contribution in [0, 0.1) is 5.82 Å². The van der Waals surface area contributed by atoms with Gasteiger partial charge < -0.3 is 0 Å². The Hall–Kier alpha value is -1.55. The third kappa shape index (κ3) is 4.37. The van der Waals surface area contributed by atoms with Crippen LogP contribution in [-0.2, 0) is 0 Å². The Balaban J connectivity index is 0.000000771. The van der Waals surface area contributed by atoms with Crippen molar-refractivity contribution in [3.63, 3.8) is 0 Å². The van der Waals surface area contributed by atoms with Crippen LogP contribution in [0.15, 0.2) is 52.1 Å². The van der Waals surface area contributed by atoms with E-state index in [1.54, 1.807) is 30.5 Å². The van der Waals surface area contributed by atoms with Crippen LogP contribution in [-0.4, -0.2) is 11.2 Å². The first-order valence-electron chi connectivity index (χ1n) is 5.66. The van der Waals surface area contributed by atoms with Crippen LogP contribution in [0.5, 0.6) is 0 Å². The van der Waals surface area contributed by atoms with Gasteiger partial charge in [0.05, 0.1) is 0 Å². The molecule has 2 nitrogen and oxygen atoms in total. The maximum Gasteiger partial charge on any atom is 0.151 e. The molecule has 1 aromatic heterocycles. The lowest BCUT2D eigenvalue weighted by molar-refractivity contribution is 0.626. The van der Waals surface area contributed by atoms with E-state index in [2.05, 4.69) is 25.9 Å². The second kappa shape index (κ2) is 7.71. The molecule has 0 amide bonds. The van der Waals surface area contributed by atoms with Crippen LogP contribution >= 0.6 is 15.9 Å². The van der Waals surface area contributed by atoms with Gasteiger partial charge in [-0.05, 0) is 34.1 Å². The summed E-state index contributed by atoms with van der Waals surface area (Å²) >= 11 is 3.28. The second-order valence-electron chi connectivity index (χ2n) is 3.11. The Morgan fingerprint density at radius 3 is 2.50 bits per heavy atom. The van der Waals surface area contributed by atoms with Gasteiger partial charge in [-0.2, -0.15) is 0 Å². The molecule has 0 aliphatic heterocycles. The molecule has 18 heavy (non-hydrogen) atoms. The summed E-state index contributed by atoms with van der Waals surface area (Å²) in [5.74, 6) is 0.259. The molecule has 0 saturated heterocycles. The number of hydrogen-bond acceptors (Lipinski definition) is 2. The number of nitrogens with zero attached hydrogens (tertiary/aromatic N) is 2. The van der Waals surface area contributed by atoms with Gasteiger partial charge in [-0.1, -0.05) is 32.0 Å². The molecule has 0 aliphatic rings. The standard InChI is InChI=1S/C12H8BrFN2.C2H6/c13-10-5-6-12(16-8-10)15-7-9-3-1-2-4-11(9)14;1-2/h1-8H;1-2H3. The maximum atomic E-state index is 13.2. The van der Waals surface area contributed by atoms with Gasteiger partial charge in [-0.15, -0.1) is 0 Å². The van der Waals surface area contributed by atoms with Gasteiger partial charge in [0.15, 0.2) is 5.82 Å².